The predicted octanol–water partition coefficient (Wildman–Crippen LogP) is 2.40. The highest BCUT2D eigenvalue weighted by Crippen LogP contribution is 2.22. The zero-order valence-electron chi connectivity index (χ0n) is 10.0. The number of nitrogens with two attached hydrogens (primary N) is 1. The van der Waals surface area contributed by atoms with E-state index in [0.29, 0.717) is 5.56 Å². The van der Waals surface area contributed by atoms with Crippen LogP contribution in [0.1, 0.15) is 29.8 Å². The molecule has 2 N–H and O–H groups in total. The van der Waals surface area contributed by atoms with Gasteiger partial charge < -0.3 is 5.73 Å². The van der Waals surface area contributed by atoms with E-state index in [1.54, 1.807) is 23.0 Å². The lowest BCUT2D eigenvalue weighted by atomic mass is 10.0. The van der Waals surface area contributed by atoms with Crippen LogP contribution >= 0.6 is 0 Å². The van der Waals surface area contributed by atoms with Crippen molar-refractivity contribution in [3.63, 3.8) is 0 Å². The van der Waals surface area contributed by atoms with E-state index in [2.05, 4.69) is 5.10 Å². The summed E-state index contributed by atoms with van der Waals surface area (Å²) in [6, 6.07) is 6.33. The van der Waals surface area contributed by atoms with Gasteiger partial charge in [0.25, 0.3) is 0 Å². The van der Waals surface area contributed by atoms with Crippen LogP contribution in [0.3, 0.4) is 0 Å². The van der Waals surface area contributed by atoms with Crippen molar-refractivity contribution in [2.45, 2.75) is 26.4 Å². The topological polar surface area (TPSA) is 43.8 Å². The molecule has 3 nitrogen and oxygen atoms in total. The highest BCUT2D eigenvalue weighted by molar-refractivity contribution is 5.31. The van der Waals surface area contributed by atoms with Crippen LogP contribution < -0.4 is 5.73 Å². The van der Waals surface area contributed by atoms with Gasteiger partial charge >= 0.3 is 0 Å². The molecule has 0 fully saturated rings. The second-order valence-corrected chi connectivity index (χ2v) is 4.07. The highest BCUT2D eigenvalue weighted by atomic mass is 19.1. The third kappa shape index (κ3) is 2.22. The number of nitrogens with zero attached hydrogens (tertiary/aromatic N) is 2. The normalized spacial score (nSPS) is 12.7. The standard InChI is InChI=1S/C13H16FN3/c1-3-17-12(6-7-16-17)13(15)10-8-9(2)4-5-11(10)14/h4-8,13H,3,15H2,1-2H3. The Morgan fingerprint density at radius 1 is 1.41 bits per heavy atom. The predicted molar refractivity (Wildman–Crippen MR) is 65.1 cm³/mol. The molecule has 0 amide bonds. The molecular formula is C13H16FN3. The third-order valence-corrected chi connectivity index (χ3v) is 2.85. The third-order valence-electron chi connectivity index (χ3n) is 2.85. The van der Waals surface area contributed by atoms with Crippen LogP contribution in [0.5, 0.6) is 0 Å². The van der Waals surface area contributed by atoms with Crippen molar-refractivity contribution in [1.82, 2.24) is 9.78 Å². The van der Waals surface area contributed by atoms with Crippen LogP contribution in [-0.4, -0.2) is 9.78 Å². The number of aromatic nitrogens is 2. The maximum Gasteiger partial charge on any atom is 0.128 e. The van der Waals surface area contributed by atoms with E-state index in [0.717, 1.165) is 17.8 Å². The van der Waals surface area contributed by atoms with Gasteiger partial charge in [-0.2, -0.15) is 5.10 Å². The number of hydrogen-bond donors (Lipinski definition) is 1. The Morgan fingerprint density at radius 2 is 2.18 bits per heavy atom. The monoisotopic (exact) mass is 233 g/mol. The molecule has 0 saturated carbocycles. The van der Waals surface area contributed by atoms with Gasteiger partial charge in [-0.25, -0.2) is 4.39 Å². The van der Waals surface area contributed by atoms with Crippen molar-refractivity contribution in [2.75, 3.05) is 0 Å². The first kappa shape index (κ1) is 11.8. The van der Waals surface area contributed by atoms with Gasteiger partial charge in [0.15, 0.2) is 0 Å². The van der Waals surface area contributed by atoms with Gasteiger partial charge in [-0.3, -0.25) is 4.68 Å². The number of halogens is 1. The minimum absolute atomic E-state index is 0.271. The lowest BCUT2D eigenvalue weighted by molar-refractivity contribution is 0.567. The molecule has 0 saturated heterocycles. The van der Waals surface area contributed by atoms with Crippen molar-refractivity contribution in [1.29, 1.82) is 0 Å². The Kier molecular flexibility index (Phi) is 3.24. The van der Waals surface area contributed by atoms with Gasteiger partial charge in [0, 0.05) is 18.3 Å². The first-order chi connectivity index (χ1) is 8.13. The van der Waals surface area contributed by atoms with Crippen molar-refractivity contribution in [3.8, 4) is 0 Å². The van der Waals surface area contributed by atoms with Crippen LogP contribution in [0.15, 0.2) is 30.5 Å². The molecule has 0 spiro atoms. The van der Waals surface area contributed by atoms with Gasteiger partial charge in [-0.1, -0.05) is 17.7 Å². The minimum Gasteiger partial charge on any atom is -0.319 e. The molecule has 90 valence electrons. The summed E-state index contributed by atoms with van der Waals surface area (Å²) in [7, 11) is 0. The summed E-state index contributed by atoms with van der Waals surface area (Å²) in [5, 5.41) is 4.15. The highest BCUT2D eigenvalue weighted by Gasteiger charge is 2.17. The number of benzene rings is 1. The molecule has 4 heteroatoms. The second-order valence-electron chi connectivity index (χ2n) is 4.07. The fraction of sp³-hybridized carbons (Fsp3) is 0.308. The van der Waals surface area contributed by atoms with Gasteiger partial charge in [-0.05, 0) is 26.0 Å². The Morgan fingerprint density at radius 3 is 2.88 bits per heavy atom. The van der Waals surface area contributed by atoms with Crippen molar-refractivity contribution >= 4 is 0 Å². The van der Waals surface area contributed by atoms with Crippen LogP contribution in [0.2, 0.25) is 0 Å². The SMILES string of the molecule is CCn1nccc1C(N)c1cc(C)ccc1F. The van der Waals surface area contributed by atoms with Crippen LogP contribution in [-0.2, 0) is 6.54 Å². The fourth-order valence-electron chi connectivity index (χ4n) is 1.93. The van der Waals surface area contributed by atoms with E-state index in [1.807, 2.05) is 19.9 Å². The zero-order valence-corrected chi connectivity index (χ0v) is 10.0. The summed E-state index contributed by atoms with van der Waals surface area (Å²) < 4.78 is 15.5. The number of aryl methyl sites for hydroxylation is 2. The molecule has 1 atom stereocenters. The minimum atomic E-state index is -0.475. The molecule has 0 aliphatic carbocycles. The van der Waals surface area contributed by atoms with E-state index in [-0.39, 0.29) is 5.82 Å². The summed E-state index contributed by atoms with van der Waals surface area (Å²) in [6.07, 6.45) is 1.69. The summed E-state index contributed by atoms with van der Waals surface area (Å²) in [4.78, 5) is 0. The van der Waals surface area contributed by atoms with E-state index in [1.165, 1.54) is 6.07 Å². The summed E-state index contributed by atoms with van der Waals surface area (Å²) in [5.41, 5.74) is 8.45. The van der Waals surface area contributed by atoms with Crippen LogP contribution in [0, 0.1) is 12.7 Å². The molecule has 0 aliphatic rings. The molecule has 1 heterocycles. The number of hydrogen-bond acceptors (Lipinski definition) is 2. The lowest BCUT2D eigenvalue weighted by Crippen LogP contribution is -2.18. The average molecular weight is 233 g/mol. The first-order valence-electron chi connectivity index (χ1n) is 5.66. The molecule has 1 aromatic carbocycles. The van der Waals surface area contributed by atoms with E-state index < -0.39 is 6.04 Å². The summed E-state index contributed by atoms with van der Waals surface area (Å²) >= 11 is 0. The molecule has 0 aliphatic heterocycles. The molecular weight excluding hydrogens is 217 g/mol. The van der Waals surface area contributed by atoms with Crippen LogP contribution in [0.4, 0.5) is 4.39 Å². The second kappa shape index (κ2) is 4.67. The zero-order chi connectivity index (χ0) is 12.4. The Bertz CT molecular complexity index is 519. The molecule has 1 aromatic heterocycles. The average Bonchev–Trinajstić information content (AvgIpc) is 2.79. The van der Waals surface area contributed by atoms with Crippen molar-refractivity contribution in [2.24, 2.45) is 5.73 Å². The first-order valence-corrected chi connectivity index (χ1v) is 5.66. The van der Waals surface area contributed by atoms with Crippen LogP contribution in [0.25, 0.3) is 0 Å². The quantitative estimate of drug-likeness (QED) is 0.884. The fourth-order valence-corrected chi connectivity index (χ4v) is 1.93. The molecule has 2 aromatic rings. The Hall–Kier alpha value is -1.68. The van der Waals surface area contributed by atoms with Gasteiger partial charge in [-0.15, -0.1) is 0 Å². The molecule has 0 bridgehead atoms. The Balaban J connectivity index is 2.43. The molecule has 0 radical (unpaired) electrons. The summed E-state index contributed by atoms with van der Waals surface area (Å²) in [6.45, 7) is 4.63. The lowest BCUT2D eigenvalue weighted by Gasteiger charge is -2.15. The van der Waals surface area contributed by atoms with Gasteiger partial charge in [0.05, 0.1) is 11.7 Å². The molecule has 1 unspecified atom stereocenters. The van der Waals surface area contributed by atoms with Crippen molar-refractivity contribution in [3.05, 3.63) is 53.1 Å². The van der Waals surface area contributed by atoms with Gasteiger partial charge in [0.1, 0.15) is 5.82 Å². The maximum atomic E-state index is 13.7. The van der Waals surface area contributed by atoms with Gasteiger partial charge in [0.2, 0.25) is 0 Å². The molecule has 17 heavy (non-hydrogen) atoms. The van der Waals surface area contributed by atoms with E-state index in [9.17, 15) is 4.39 Å². The number of rotatable bonds is 3. The summed E-state index contributed by atoms with van der Waals surface area (Å²) in [5.74, 6) is -0.271. The van der Waals surface area contributed by atoms with Crippen molar-refractivity contribution < 1.29 is 4.39 Å². The molecule has 2 rings (SSSR count). The van der Waals surface area contributed by atoms with E-state index >= 15 is 0 Å². The Labute approximate surface area is 100 Å². The largest absolute Gasteiger partial charge is 0.319 e. The van der Waals surface area contributed by atoms with E-state index in [4.69, 9.17) is 5.73 Å². The smallest absolute Gasteiger partial charge is 0.128 e. The maximum absolute atomic E-state index is 13.7.